The number of hydrogen-bond acceptors (Lipinski definition) is 7. The van der Waals surface area contributed by atoms with E-state index in [1.807, 2.05) is 36.5 Å². The molecule has 0 amide bonds. The molecule has 1 saturated heterocycles. The number of likely N-dealkylation sites (N-methyl/N-ethyl adjacent to an activating group) is 1. The van der Waals surface area contributed by atoms with Crippen LogP contribution in [0.5, 0.6) is 5.75 Å². The standard InChI is InChI=1S/C20H26N6OS/c1-3-24-10-12-25(13-11-24)19-22-23-20(28-19)26-9-5-7-17(26)15-21-16-6-4-8-18(14-16)27-2/h4-9,14,21H,3,10-13,15H2,1-2H3. The number of anilines is 2. The lowest BCUT2D eigenvalue weighted by Crippen LogP contribution is -2.46. The van der Waals surface area contributed by atoms with Crippen LogP contribution in [0.2, 0.25) is 0 Å². The molecule has 1 aliphatic heterocycles. The Hall–Kier alpha value is -2.58. The molecule has 2 aromatic heterocycles. The lowest BCUT2D eigenvalue weighted by molar-refractivity contribution is 0.271. The van der Waals surface area contributed by atoms with Gasteiger partial charge in [-0.25, -0.2) is 0 Å². The van der Waals surface area contributed by atoms with E-state index in [0.29, 0.717) is 6.54 Å². The number of nitrogens with one attached hydrogen (secondary N) is 1. The van der Waals surface area contributed by atoms with Gasteiger partial charge in [-0.2, -0.15) is 0 Å². The van der Waals surface area contributed by atoms with Crippen LogP contribution in [0.3, 0.4) is 0 Å². The summed E-state index contributed by atoms with van der Waals surface area (Å²) in [6.07, 6.45) is 2.04. The van der Waals surface area contributed by atoms with Crippen molar-refractivity contribution in [3.63, 3.8) is 0 Å². The van der Waals surface area contributed by atoms with Crippen molar-refractivity contribution in [1.82, 2.24) is 19.7 Å². The van der Waals surface area contributed by atoms with Gasteiger partial charge >= 0.3 is 0 Å². The predicted octanol–water partition coefficient (Wildman–Crippen LogP) is 3.09. The zero-order valence-corrected chi connectivity index (χ0v) is 17.2. The normalized spacial score (nSPS) is 15.0. The Morgan fingerprint density at radius 1 is 1.07 bits per heavy atom. The number of ether oxygens (including phenoxy) is 1. The highest BCUT2D eigenvalue weighted by Gasteiger charge is 2.20. The van der Waals surface area contributed by atoms with Crippen molar-refractivity contribution < 1.29 is 4.74 Å². The van der Waals surface area contributed by atoms with Crippen LogP contribution < -0.4 is 15.0 Å². The smallest absolute Gasteiger partial charge is 0.218 e. The number of hydrogen-bond donors (Lipinski definition) is 1. The molecule has 1 aromatic carbocycles. The summed E-state index contributed by atoms with van der Waals surface area (Å²) >= 11 is 1.65. The summed E-state index contributed by atoms with van der Waals surface area (Å²) in [7, 11) is 1.68. The van der Waals surface area contributed by atoms with Gasteiger partial charge in [0.2, 0.25) is 10.3 Å². The third-order valence-corrected chi connectivity index (χ3v) is 6.06. The minimum Gasteiger partial charge on any atom is -0.497 e. The summed E-state index contributed by atoms with van der Waals surface area (Å²) in [6.45, 7) is 8.23. The van der Waals surface area contributed by atoms with Gasteiger partial charge in [0.25, 0.3) is 0 Å². The Morgan fingerprint density at radius 2 is 1.89 bits per heavy atom. The van der Waals surface area contributed by atoms with Crippen LogP contribution >= 0.6 is 11.3 Å². The van der Waals surface area contributed by atoms with Crippen molar-refractivity contribution in [3.05, 3.63) is 48.3 Å². The number of benzene rings is 1. The monoisotopic (exact) mass is 398 g/mol. The predicted molar refractivity (Wildman–Crippen MR) is 114 cm³/mol. The van der Waals surface area contributed by atoms with Gasteiger partial charge < -0.3 is 19.9 Å². The Bertz CT molecular complexity index is 900. The van der Waals surface area contributed by atoms with Crippen LogP contribution in [0.1, 0.15) is 12.6 Å². The second kappa shape index (κ2) is 8.62. The van der Waals surface area contributed by atoms with Gasteiger partial charge in [-0.1, -0.05) is 24.3 Å². The minimum absolute atomic E-state index is 0.699. The maximum atomic E-state index is 5.29. The molecule has 28 heavy (non-hydrogen) atoms. The zero-order valence-electron chi connectivity index (χ0n) is 16.3. The molecule has 4 rings (SSSR count). The van der Waals surface area contributed by atoms with Crippen LogP contribution in [-0.2, 0) is 6.54 Å². The molecule has 1 fully saturated rings. The Morgan fingerprint density at radius 3 is 2.68 bits per heavy atom. The van der Waals surface area contributed by atoms with Crippen LogP contribution in [0.15, 0.2) is 42.6 Å². The minimum atomic E-state index is 0.699. The third-order valence-electron chi connectivity index (χ3n) is 5.08. The van der Waals surface area contributed by atoms with E-state index in [2.05, 4.69) is 42.9 Å². The van der Waals surface area contributed by atoms with E-state index >= 15 is 0 Å². The summed E-state index contributed by atoms with van der Waals surface area (Å²) in [5, 5.41) is 14.3. The van der Waals surface area contributed by atoms with Crippen LogP contribution in [0.4, 0.5) is 10.8 Å². The van der Waals surface area contributed by atoms with E-state index in [4.69, 9.17) is 4.74 Å². The molecule has 148 valence electrons. The summed E-state index contributed by atoms with van der Waals surface area (Å²) in [5.41, 5.74) is 2.17. The molecule has 0 aliphatic carbocycles. The molecule has 0 spiro atoms. The fourth-order valence-electron chi connectivity index (χ4n) is 3.36. The maximum Gasteiger partial charge on any atom is 0.218 e. The maximum absolute atomic E-state index is 5.29. The first kappa shape index (κ1) is 18.8. The molecule has 3 heterocycles. The van der Waals surface area contributed by atoms with E-state index in [1.165, 1.54) is 0 Å². The number of methoxy groups -OCH3 is 1. The molecule has 0 atom stereocenters. The van der Waals surface area contributed by atoms with Crippen molar-refractivity contribution in [2.24, 2.45) is 0 Å². The van der Waals surface area contributed by atoms with Crippen LogP contribution in [-0.4, -0.2) is 59.5 Å². The van der Waals surface area contributed by atoms with Gasteiger partial charge in [-0.3, -0.25) is 4.57 Å². The Balaban J connectivity index is 1.43. The third kappa shape index (κ3) is 4.13. The van der Waals surface area contributed by atoms with E-state index in [0.717, 1.165) is 60.1 Å². The molecular weight excluding hydrogens is 372 g/mol. The fraction of sp³-hybridized carbons (Fsp3) is 0.400. The van der Waals surface area contributed by atoms with Crippen molar-refractivity contribution >= 4 is 22.2 Å². The number of nitrogens with zero attached hydrogens (tertiary/aromatic N) is 5. The molecule has 1 N–H and O–H groups in total. The van der Waals surface area contributed by atoms with E-state index in [-0.39, 0.29) is 0 Å². The average molecular weight is 399 g/mol. The molecule has 0 saturated carbocycles. The molecule has 0 unspecified atom stereocenters. The lowest BCUT2D eigenvalue weighted by Gasteiger charge is -2.33. The van der Waals surface area contributed by atoms with Crippen LogP contribution in [0, 0.1) is 0 Å². The molecule has 0 bridgehead atoms. The van der Waals surface area contributed by atoms with Gasteiger partial charge in [0, 0.05) is 49.8 Å². The SMILES string of the molecule is CCN1CCN(c2nnc(-n3cccc3CNc3cccc(OC)c3)s2)CC1. The topological polar surface area (TPSA) is 58.5 Å². The van der Waals surface area contributed by atoms with Gasteiger partial charge in [-0.15, -0.1) is 10.2 Å². The first-order valence-electron chi connectivity index (χ1n) is 9.62. The number of rotatable bonds is 7. The molecule has 1 aliphatic rings. The largest absolute Gasteiger partial charge is 0.497 e. The van der Waals surface area contributed by atoms with Gasteiger partial charge in [0.15, 0.2) is 0 Å². The summed E-state index contributed by atoms with van der Waals surface area (Å²) < 4.78 is 7.40. The van der Waals surface area contributed by atoms with Crippen molar-refractivity contribution in [1.29, 1.82) is 0 Å². The lowest BCUT2D eigenvalue weighted by atomic mass is 10.3. The second-order valence-corrected chi connectivity index (χ2v) is 7.68. The van der Waals surface area contributed by atoms with Crippen LogP contribution in [0.25, 0.3) is 5.13 Å². The number of piperazine rings is 1. The zero-order chi connectivity index (χ0) is 19.3. The average Bonchev–Trinajstić information content (AvgIpc) is 3.42. The highest BCUT2D eigenvalue weighted by Crippen LogP contribution is 2.26. The van der Waals surface area contributed by atoms with E-state index in [9.17, 15) is 0 Å². The molecule has 8 heteroatoms. The molecular formula is C20H26N6OS. The van der Waals surface area contributed by atoms with Crippen molar-refractivity contribution in [2.45, 2.75) is 13.5 Å². The van der Waals surface area contributed by atoms with Crippen molar-refractivity contribution in [3.8, 4) is 10.9 Å². The first-order valence-corrected chi connectivity index (χ1v) is 10.4. The molecule has 3 aromatic rings. The number of aromatic nitrogens is 3. The van der Waals surface area contributed by atoms with E-state index in [1.54, 1.807) is 18.4 Å². The summed E-state index contributed by atoms with van der Waals surface area (Å²) in [5.74, 6) is 0.845. The molecule has 0 radical (unpaired) electrons. The van der Waals surface area contributed by atoms with Gasteiger partial charge in [-0.05, 0) is 30.8 Å². The summed E-state index contributed by atoms with van der Waals surface area (Å²) in [6, 6.07) is 12.1. The van der Waals surface area contributed by atoms with Gasteiger partial charge in [0.05, 0.1) is 13.7 Å². The van der Waals surface area contributed by atoms with Crippen molar-refractivity contribution in [2.75, 3.05) is 50.1 Å². The Labute approximate surface area is 169 Å². The molecule has 7 nitrogen and oxygen atoms in total. The van der Waals surface area contributed by atoms with E-state index < -0.39 is 0 Å². The second-order valence-electron chi connectivity index (χ2n) is 6.74. The highest BCUT2D eigenvalue weighted by molar-refractivity contribution is 7.17. The quantitative estimate of drug-likeness (QED) is 0.660. The highest BCUT2D eigenvalue weighted by atomic mass is 32.1. The Kier molecular flexibility index (Phi) is 5.78. The fourth-order valence-corrected chi connectivity index (χ4v) is 4.28. The first-order chi connectivity index (χ1) is 13.8. The summed E-state index contributed by atoms with van der Waals surface area (Å²) in [4.78, 5) is 4.80. The van der Waals surface area contributed by atoms with Gasteiger partial charge in [0.1, 0.15) is 5.75 Å².